The maximum Gasteiger partial charge on any atom is 0.253 e. The Balaban J connectivity index is 1.69. The van der Waals surface area contributed by atoms with E-state index in [4.69, 9.17) is 9.05 Å². The molecular weight excluding hydrogens is 374 g/mol. The quantitative estimate of drug-likeness (QED) is 0.669. The molecule has 3 aromatic heterocycles. The van der Waals surface area contributed by atoms with Crippen LogP contribution in [0.25, 0.3) is 10.4 Å². The highest BCUT2D eigenvalue weighted by molar-refractivity contribution is 7.91. The highest BCUT2D eigenvalue weighted by atomic mass is 32.2. The maximum absolute atomic E-state index is 13.2. The van der Waals surface area contributed by atoms with E-state index >= 15 is 0 Å². The first-order valence-electron chi connectivity index (χ1n) is 8.36. The van der Waals surface area contributed by atoms with Gasteiger partial charge in [-0.15, -0.1) is 11.3 Å². The van der Waals surface area contributed by atoms with Crippen molar-refractivity contribution in [1.29, 1.82) is 0 Å². The molecule has 0 spiro atoms. The van der Waals surface area contributed by atoms with E-state index in [2.05, 4.69) is 10.3 Å². The molecule has 1 atom stereocenters. The fraction of sp³-hybridized carbons (Fsp3) is 0.412. The number of hydrogen-bond donors (Lipinski definition) is 0. The van der Waals surface area contributed by atoms with Gasteiger partial charge in [0, 0.05) is 17.5 Å². The summed E-state index contributed by atoms with van der Waals surface area (Å²) in [4.78, 5) is 0.841. The molecule has 1 aliphatic rings. The van der Waals surface area contributed by atoms with Gasteiger partial charge in [-0.05, 0) is 45.7 Å². The van der Waals surface area contributed by atoms with E-state index in [1.165, 1.54) is 15.6 Å². The second-order valence-electron chi connectivity index (χ2n) is 6.45. The van der Waals surface area contributed by atoms with Crippen LogP contribution in [0.3, 0.4) is 0 Å². The standard InChI is InChI=1S/C17H19N3O4S2/c1-10-9-13(19-23-10)14-5-4-8-20(14)26(21,22)16-7-6-15(25-16)17-11(2)18-24-12(17)3/h6-7,9,14H,4-5,8H2,1-3H3. The van der Waals surface area contributed by atoms with Gasteiger partial charge in [0.25, 0.3) is 10.0 Å². The molecule has 0 amide bonds. The zero-order valence-corrected chi connectivity index (χ0v) is 16.4. The Kier molecular flexibility index (Phi) is 4.25. The molecule has 0 N–H and O–H groups in total. The summed E-state index contributed by atoms with van der Waals surface area (Å²) in [5, 5.41) is 7.97. The molecular formula is C17H19N3O4S2. The van der Waals surface area contributed by atoms with Gasteiger partial charge in [0.2, 0.25) is 0 Å². The average molecular weight is 393 g/mol. The second kappa shape index (κ2) is 6.33. The van der Waals surface area contributed by atoms with Crippen molar-refractivity contribution in [2.75, 3.05) is 6.54 Å². The molecule has 9 heteroatoms. The number of hydrogen-bond acceptors (Lipinski definition) is 7. The number of thiophene rings is 1. The number of sulfonamides is 1. The minimum Gasteiger partial charge on any atom is -0.361 e. The Morgan fingerprint density at radius 3 is 2.65 bits per heavy atom. The fourth-order valence-corrected chi connectivity index (χ4v) is 6.66. The number of aryl methyl sites for hydroxylation is 3. The van der Waals surface area contributed by atoms with Crippen LogP contribution in [0.15, 0.2) is 31.5 Å². The van der Waals surface area contributed by atoms with Crippen molar-refractivity contribution >= 4 is 21.4 Å². The van der Waals surface area contributed by atoms with Crippen LogP contribution in [0.4, 0.5) is 0 Å². The third-order valence-electron chi connectivity index (χ3n) is 4.62. The lowest BCUT2D eigenvalue weighted by molar-refractivity contribution is 0.350. The fourth-order valence-electron chi connectivity index (χ4n) is 3.41. The van der Waals surface area contributed by atoms with Gasteiger partial charge in [-0.2, -0.15) is 4.31 Å². The zero-order chi connectivity index (χ0) is 18.5. The predicted molar refractivity (Wildman–Crippen MR) is 96.4 cm³/mol. The summed E-state index contributed by atoms with van der Waals surface area (Å²) >= 11 is 1.24. The summed E-state index contributed by atoms with van der Waals surface area (Å²) in [6, 6.07) is 5.00. The van der Waals surface area contributed by atoms with Crippen molar-refractivity contribution in [2.24, 2.45) is 0 Å². The van der Waals surface area contributed by atoms with Crippen LogP contribution in [-0.2, 0) is 10.0 Å². The highest BCUT2D eigenvalue weighted by Crippen LogP contribution is 2.40. The molecule has 26 heavy (non-hydrogen) atoms. The van der Waals surface area contributed by atoms with Crippen molar-refractivity contribution in [3.05, 3.63) is 41.1 Å². The first-order valence-corrected chi connectivity index (χ1v) is 10.6. The molecule has 138 valence electrons. The van der Waals surface area contributed by atoms with Crippen LogP contribution in [0.1, 0.15) is 41.8 Å². The van der Waals surface area contributed by atoms with E-state index < -0.39 is 10.0 Å². The van der Waals surface area contributed by atoms with Crippen LogP contribution in [0.2, 0.25) is 0 Å². The van der Waals surface area contributed by atoms with Crippen LogP contribution in [0.5, 0.6) is 0 Å². The van der Waals surface area contributed by atoms with Crippen molar-refractivity contribution in [2.45, 2.75) is 43.9 Å². The van der Waals surface area contributed by atoms with Gasteiger partial charge in [-0.25, -0.2) is 8.42 Å². The molecule has 1 unspecified atom stereocenters. The first kappa shape index (κ1) is 17.4. The predicted octanol–water partition coefficient (Wildman–Crippen LogP) is 3.84. The molecule has 0 radical (unpaired) electrons. The molecule has 4 rings (SSSR count). The average Bonchev–Trinajstić information content (AvgIpc) is 3.34. The van der Waals surface area contributed by atoms with Crippen molar-refractivity contribution in [3.63, 3.8) is 0 Å². The van der Waals surface area contributed by atoms with Crippen LogP contribution < -0.4 is 0 Å². The third-order valence-corrected chi connectivity index (χ3v) is 8.09. The van der Waals surface area contributed by atoms with E-state index in [1.807, 2.05) is 26.0 Å². The molecule has 1 saturated heterocycles. The first-order chi connectivity index (χ1) is 12.4. The molecule has 0 aliphatic carbocycles. The molecule has 0 aromatic carbocycles. The van der Waals surface area contributed by atoms with Gasteiger partial charge in [0.15, 0.2) is 0 Å². The lowest BCUT2D eigenvalue weighted by Gasteiger charge is -2.21. The Hall–Kier alpha value is -1.97. The Bertz CT molecular complexity index is 1030. The van der Waals surface area contributed by atoms with Gasteiger partial charge in [0.05, 0.1) is 17.3 Å². The molecule has 4 heterocycles. The Labute approximate surface area is 155 Å². The van der Waals surface area contributed by atoms with E-state index in [9.17, 15) is 8.42 Å². The zero-order valence-electron chi connectivity index (χ0n) is 14.7. The Morgan fingerprint density at radius 2 is 2.00 bits per heavy atom. The van der Waals surface area contributed by atoms with Crippen molar-refractivity contribution < 1.29 is 17.5 Å². The largest absolute Gasteiger partial charge is 0.361 e. The molecule has 1 fully saturated rings. The topological polar surface area (TPSA) is 89.4 Å². The summed E-state index contributed by atoms with van der Waals surface area (Å²) in [5.74, 6) is 1.37. The van der Waals surface area contributed by atoms with Crippen LogP contribution in [-0.4, -0.2) is 29.6 Å². The smallest absolute Gasteiger partial charge is 0.253 e. The molecule has 7 nitrogen and oxygen atoms in total. The van der Waals surface area contributed by atoms with E-state index in [0.29, 0.717) is 28.0 Å². The summed E-state index contributed by atoms with van der Waals surface area (Å²) in [7, 11) is -3.60. The normalized spacial score (nSPS) is 18.7. The SMILES string of the molecule is Cc1cc(C2CCCN2S(=O)(=O)c2ccc(-c3c(C)noc3C)s2)no1. The molecule has 1 aliphatic heterocycles. The van der Waals surface area contributed by atoms with E-state index in [0.717, 1.165) is 29.0 Å². The lowest BCUT2D eigenvalue weighted by atomic mass is 10.1. The van der Waals surface area contributed by atoms with E-state index in [-0.39, 0.29) is 6.04 Å². The van der Waals surface area contributed by atoms with Gasteiger partial charge < -0.3 is 9.05 Å². The van der Waals surface area contributed by atoms with Crippen LogP contribution >= 0.6 is 11.3 Å². The monoisotopic (exact) mass is 393 g/mol. The summed E-state index contributed by atoms with van der Waals surface area (Å²) in [5.41, 5.74) is 2.29. The molecule has 3 aromatic rings. The van der Waals surface area contributed by atoms with Gasteiger partial charge in [-0.3, -0.25) is 0 Å². The molecule has 0 saturated carbocycles. The van der Waals surface area contributed by atoms with Crippen molar-refractivity contribution in [1.82, 2.24) is 14.6 Å². The van der Waals surface area contributed by atoms with Gasteiger partial charge in [0.1, 0.15) is 21.4 Å². The van der Waals surface area contributed by atoms with E-state index in [1.54, 1.807) is 13.0 Å². The maximum atomic E-state index is 13.2. The number of aromatic nitrogens is 2. The van der Waals surface area contributed by atoms with Crippen molar-refractivity contribution in [3.8, 4) is 10.4 Å². The second-order valence-corrected chi connectivity index (χ2v) is 9.66. The highest BCUT2D eigenvalue weighted by Gasteiger charge is 2.38. The minimum absolute atomic E-state index is 0.276. The number of rotatable bonds is 4. The van der Waals surface area contributed by atoms with Gasteiger partial charge >= 0.3 is 0 Å². The Morgan fingerprint density at radius 1 is 1.19 bits per heavy atom. The summed E-state index contributed by atoms with van der Waals surface area (Å²) < 4.78 is 38.6. The summed E-state index contributed by atoms with van der Waals surface area (Å²) in [6.07, 6.45) is 1.55. The van der Waals surface area contributed by atoms with Gasteiger partial charge in [-0.1, -0.05) is 10.3 Å². The third kappa shape index (κ3) is 2.80. The minimum atomic E-state index is -3.60. The van der Waals surface area contributed by atoms with Crippen LogP contribution in [0, 0.1) is 20.8 Å². The number of nitrogens with zero attached hydrogens (tertiary/aromatic N) is 3. The molecule has 0 bridgehead atoms. The lowest BCUT2D eigenvalue weighted by Crippen LogP contribution is -2.30. The summed E-state index contributed by atoms with van der Waals surface area (Å²) in [6.45, 7) is 5.96.